The van der Waals surface area contributed by atoms with E-state index in [-0.39, 0.29) is 18.0 Å². The minimum absolute atomic E-state index is 0.0132. The zero-order valence-electron chi connectivity index (χ0n) is 17.5. The van der Waals surface area contributed by atoms with Crippen molar-refractivity contribution in [1.82, 2.24) is 14.5 Å². The summed E-state index contributed by atoms with van der Waals surface area (Å²) in [7, 11) is 0. The second-order valence-electron chi connectivity index (χ2n) is 7.50. The molecule has 0 aliphatic rings. The SMILES string of the molecule is CCc1cc2c(=O)n(CC(=O)N(CCc3ccccc3)Cc3ccccc3)cnc2s1. The number of carbonyl (C=O) groups is 1. The van der Waals surface area contributed by atoms with Crippen LogP contribution in [-0.4, -0.2) is 26.9 Å². The van der Waals surface area contributed by atoms with Crippen LogP contribution in [0.1, 0.15) is 22.9 Å². The van der Waals surface area contributed by atoms with Crippen LogP contribution in [0.4, 0.5) is 0 Å². The number of hydrogen-bond acceptors (Lipinski definition) is 4. The summed E-state index contributed by atoms with van der Waals surface area (Å²) in [5.74, 6) is -0.0889. The predicted molar refractivity (Wildman–Crippen MR) is 125 cm³/mol. The summed E-state index contributed by atoms with van der Waals surface area (Å²) in [6.07, 6.45) is 3.12. The van der Waals surface area contributed by atoms with Gasteiger partial charge in [-0.1, -0.05) is 67.6 Å². The van der Waals surface area contributed by atoms with Crippen LogP contribution >= 0.6 is 11.3 Å². The second kappa shape index (κ2) is 9.71. The number of benzene rings is 2. The lowest BCUT2D eigenvalue weighted by molar-refractivity contribution is -0.132. The van der Waals surface area contributed by atoms with E-state index in [1.807, 2.05) is 59.5 Å². The molecule has 6 heteroatoms. The molecule has 0 N–H and O–H groups in total. The van der Waals surface area contributed by atoms with Crippen molar-refractivity contribution in [1.29, 1.82) is 0 Å². The molecule has 0 fully saturated rings. The maximum atomic E-state index is 13.2. The van der Waals surface area contributed by atoms with Gasteiger partial charge in [0.05, 0.1) is 11.7 Å². The Hall–Kier alpha value is -3.25. The van der Waals surface area contributed by atoms with Gasteiger partial charge >= 0.3 is 0 Å². The third kappa shape index (κ3) is 5.09. The molecule has 0 aliphatic heterocycles. The Balaban J connectivity index is 1.55. The van der Waals surface area contributed by atoms with Crippen LogP contribution in [-0.2, 0) is 30.7 Å². The highest BCUT2D eigenvalue weighted by Crippen LogP contribution is 2.21. The number of hydrogen-bond donors (Lipinski definition) is 0. The Kier molecular flexibility index (Phi) is 6.57. The Morgan fingerprint density at radius 2 is 1.71 bits per heavy atom. The standard InChI is InChI=1S/C25H25N3O2S/c1-2-21-15-22-24(31-21)26-18-28(25(22)30)17-23(29)27(16-20-11-7-4-8-12-20)14-13-19-9-5-3-6-10-19/h3-12,15,18H,2,13-14,16-17H2,1H3. The van der Waals surface area contributed by atoms with Gasteiger partial charge in [0.2, 0.25) is 5.91 Å². The Bertz CT molecular complexity index is 1220. The first kappa shape index (κ1) is 21.0. The van der Waals surface area contributed by atoms with E-state index in [0.717, 1.165) is 28.1 Å². The highest BCUT2D eigenvalue weighted by Gasteiger charge is 2.17. The molecule has 0 saturated carbocycles. The normalized spacial score (nSPS) is 11.0. The summed E-state index contributed by atoms with van der Waals surface area (Å²) in [5, 5.41) is 0.594. The number of rotatable bonds is 8. The van der Waals surface area contributed by atoms with E-state index < -0.39 is 0 Å². The number of aryl methyl sites for hydroxylation is 1. The van der Waals surface area contributed by atoms with Crippen LogP contribution in [0.5, 0.6) is 0 Å². The molecule has 4 aromatic rings. The average molecular weight is 432 g/mol. The summed E-state index contributed by atoms with van der Waals surface area (Å²) >= 11 is 1.53. The first-order valence-electron chi connectivity index (χ1n) is 10.5. The van der Waals surface area contributed by atoms with E-state index in [0.29, 0.717) is 18.5 Å². The van der Waals surface area contributed by atoms with Crippen molar-refractivity contribution in [2.24, 2.45) is 0 Å². The Labute approximate surface area is 185 Å². The van der Waals surface area contributed by atoms with E-state index in [1.54, 1.807) is 0 Å². The quantitative estimate of drug-likeness (QED) is 0.418. The van der Waals surface area contributed by atoms with Gasteiger partial charge in [-0.25, -0.2) is 4.98 Å². The van der Waals surface area contributed by atoms with Crippen molar-refractivity contribution >= 4 is 27.5 Å². The van der Waals surface area contributed by atoms with Crippen molar-refractivity contribution in [3.63, 3.8) is 0 Å². The molecule has 1 amide bonds. The molecule has 0 unspecified atom stereocenters. The molecular weight excluding hydrogens is 406 g/mol. The molecule has 4 rings (SSSR count). The Morgan fingerprint density at radius 1 is 1.03 bits per heavy atom. The molecule has 2 aromatic carbocycles. The summed E-state index contributed by atoms with van der Waals surface area (Å²) < 4.78 is 1.43. The second-order valence-corrected chi connectivity index (χ2v) is 8.61. The smallest absolute Gasteiger partial charge is 0.262 e. The van der Waals surface area contributed by atoms with Gasteiger partial charge in [0.25, 0.3) is 5.56 Å². The number of fused-ring (bicyclic) bond motifs is 1. The fourth-order valence-electron chi connectivity index (χ4n) is 3.55. The summed E-state index contributed by atoms with van der Waals surface area (Å²) in [6, 6.07) is 22.0. The molecule has 0 bridgehead atoms. The highest BCUT2D eigenvalue weighted by molar-refractivity contribution is 7.18. The third-order valence-corrected chi connectivity index (χ3v) is 6.49. The van der Waals surface area contributed by atoms with Crippen LogP contribution in [0, 0.1) is 0 Å². The van der Waals surface area contributed by atoms with E-state index >= 15 is 0 Å². The summed E-state index contributed by atoms with van der Waals surface area (Å²) in [4.78, 5) is 34.2. The molecule has 0 radical (unpaired) electrons. The molecule has 2 aromatic heterocycles. The molecule has 0 spiro atoms. The molecule has 31 heavy (non-hydrogen) atoms. The van der Waals surface area contributed by atoms with Crippen molar-refractivity contribution in [2.75, 3.05) is 6.54 Å². The maximum absolute atomic E-state index is 13.2. The van der Waals surface area contributed by atoms with E-state index in [2.05, 4.69) is 24.0 Å². The molecule has 158 valence electrons. The van der Waals surface area contributed by atoms with Gasteiger partial charge in [0.15, 0.2) is 0 Å². The van der Waals surface area contributed by atoms with Gasteiger partial charge in [-0.05, 0) is 30.0 Å². The number of nitrogens with zero attached hydrogens (tertiary/aromatic N) is 3. The van der Waals surface area contributed by atoms with E-state index in [9.17, 15) is 9.59 Å². The van der Waals surface area contributed by atoms with Gasteiger partial charge in [-0.15, -0.1) is 11.3 Å². The maximum Gasteiger partial charge on any atom is 0.262 e. The topological polar surface area (TPSA) is 55.2 Å². The average Bonchev–Trinajstić information content (AvgIpc) is 3.24. The fourth-order valence-corrected chi connectivity index (χ4v) is 4.47. The van der Waals surface area contributed by atoms with Gasteiger partial charge in [0, 0.05) is 18.0 Å². The minimum atomic E-state index is -0.156. The third-order valence-electron chi connectivity index (χ3n) is 5.31. The monoisotopic (exact) mass is 431 g/mol. The lowest BCUT2D eigenvalue weighted by Crippen LogP contribution is -2.37. The van der Waals surface area contributed by atoms with Crippen molar-refractivity contribution in [3.05, 3.63) is 99.4 Å². The first-order valence-corrected chi connectivity index (χ1v) is 11.3. The zero-order valence-corrected chi connectivity index (χ0v) is 18.3. The molecule has 0 atom stereocenters. The van der Waals surface area contributed by atoms with Crippen molar-refractivity contribution in [2.45, 2.75) is 32.9 Å². The lowest BCUT2D eigenvalue weighted by atomic mass is 10.1. The molecule has 2 heterocycles. The van der Waals surface area contributed by atoms with E-state index in [4.69, 9.17) is 0 Å². The molecule has 5 nitrogen and oxygen atoms in total. The van der Waals surface area contributed by atoms with Gasteiger partial charge < -0.3 is 4.90 Å². The van der Waals surface area contributed by atoms with Crippen molar-refractivity contribution < 1.29 is 4.79 Å². The van der Waals surface area contributed by atoms with E-state index in [1.165, 1.54) is 27.8 Å². The number of aromatic nitrogens is 2. The largest absolute Gasteiger partial charge is 0.336 e. The van der Waals surface area contributed by atoms with Crippen LogP contribution < -0.4 is 5.56 Å². The van der Waals surface area contributed by atoms with Crippen LogP contribution in [0.3, 0.4) is 0 Å². The number of amides is 1. The van der Waals surface area contributed by atoms with Gasteiger partial charge in [0.1, 0.15) is 11.4 Å². The molecule has 0 aliphatic carbocycles. The minimum Gasteiger partial charge on any atom is -0.336 e. The van der Waals surface area contributed by atoms with Crippen molar-refractivity contribution in [3.8, 4) is 0 Å². The van der Waals surface area contributed by atoms with Crippen LogP contribution in [0.15, 0.2) is 77.9 Å². The molecular formula is C25H25N3O2S. The fraction of sp³-hybridized carbons (Fsp3) is 0.240. The highest BCUT2D eigenvalue weighted by atomic mass is 32.1. The van der Waals surface area contributed by atoms with Gasteiger partial charge in [-0.3, -0.25) is 14.2 Å². The van der Waals surface area contributed by atoms with Crippen LogP contribution in [0.25, 0.3) is 10.2 Å². The Morgan fingerprint density at radius 3 is 2.39 bits per heavy atom. The lowest BCUT2D eigenvalue weighted by Gasteiger charge is -2.23. The first-order chi connectivity index (χ1) is 15.1. The van der Waals surface area contributed by atoms with Crippen LogP contribution in [0.2, 0.25) is 0 Å². The summed E-state index contributed by atoms with van der Waals surface area (Å²) in [5.41, 5.74) is 2.09. The zero-order chi connectivity index (χ0) is 21.6. The van der Waals surface area contributed by atoms with Gasteiger partial charge in [-0.2, -0.15) is 0 Å². The summed E-state index contributed by atoms with van der Waals surface area (Å²) in [6.45, 7) is 3.14. The predicted octanol–water partition coefficient (Wildman–Crippen LogP) is 4.29. The number of carbonyl (C=O) groups excluding carboxylic acids is 1. The molecule has 0 saturated heterocycles. The number of thiophene rings is 1.